The van der Waals surface area contributed by atoms with Crippen molar-refractivity contribution in [1.82, 2.24) is 0 Å². The first-order valence-corrected chi connectivity index (χ1v) is 5.39. The van der Waals surface area contributed by atoms with E-state index >= 15 is 0 Å². The van der Waals surface area contributed by atoms with Crippen LogP contribution < -0.4 is 0 Å². The highest BCUT2D eigenvalue weighted by Crippen LogP contribution is 2.23. The molecule has 70 valence electrons. The molecule has 0 amide bonds. The molecule has 0 aliphatic carbocycles. The first-order chi connectivity index (χ1) is 6.11. The molecule has 0 aromatic carbocycles. The maximum atomic E-state index is 11.4. The zero-order chi connectivity index (χ0) is 9.84. The molecule has 0 atom stereocenters. The highest BCUT2D eigenvalue weighted by atomic mass is 35.5. The molecular formula is C8H5Cl3OS. The lowest BCUT2D eigenvalue weighted by atomic mass is 10.2. The van der Waals surface area contributed by atoms with Gasteiger partial charge in [0.25, 0.3) is 0 Å². The van der Waals surface area contributed by atoms with Crippen molar-refractivity contribution < 1.29 is 4.79 Å². The van der Waals surface area contributed by atoms with Gasteiger partial charge in [-0.3, -0.25) is 4.79 Å². The van der Waals surface area contributed by atoms with Crippen molar-refractivity contribution in [1.29, 1.82) is 0 Å². The molecule has 0 fully saturated rings. The van der Waals surface area contributed by atoms with Gasteiger partial charge in [0.2, 0.25) is 0 Å². The van der Waals surface area contributed by atoms with Gasteiger partial charge in [0.1, 0.15) is 4.49 Å². The van der Waals surface area contributed by atoms with Gasteiger partial charge in [0.05, 0.1) is 16.3 Å². The van der Waals surface area contributed by atoms with Gasteiger partial charge in [-0.25, -0.2) is 0 Å². The molecule has 0 aliphatic rings. The van der Waals surface area contributed by atoms with Crippen LogP contribution in [0.25, 0.3) is 0 Å². The summed E-state index contributed by atoms with van der Waals surface area (Å²) >= 11 is 17.8. The van der Waals surface area contributed by atoms with Crippen molar-refractivity contribution in [2.24, 2.45) is 0 Å². The van der Waals surface area contributed by atoms with E-state index in [1.54, 1.807) is 12.1 Å². The van der Waals surface area contributed by atoms with Gasteiger partial charge in [-0.05, 0) is 11.4 Å². The highest BCUT2D eigenvalue weighted by molar-refractivity contribution is 7.12. The smallest absolute Gasteiger partial charge is 0.178 e. The Kier molecular flexibility index (Phi) is 4.26. The number of allylic oxidation sites excluding steroid dienone is 1. The molecular weight excluding hydrogens is 251 g/mol. The quantitative estimate of drug-likeness (QED) is 0.740. The number of halogens is 3. The Labute approximate surface area is 94.9 Å². The maximum Gasteiger partial charge on any atom is 0.178 e. The van der Waals surface area contributed by atoms with Crippen molar-refractivity contribution in [3.63, 3.8) is 0 Å². The maximum absolute atomic E-state index is 11.4. The fraction of sp³-hybridized carbons (Fsp3) is 0.125. The lowest BCUT2D eigenvalue weighted by Gasteiger charge is -1.96. The largest absolute Gasteiger partial charge is 0.293 e. The first kappa shape index (κ1) is 11.1. The SMILES string of the molecule is O=C(CC(Cl)=C(Cl)Cl)c1cccs1. The molecule has 5 heteroatoms. The average Bonchev–Trinajstić information content (AvgIpc) is 2.55. The van der Waals surface area contributed by atoms with Crippen LogP contribution in [-0.4, -0.2) is 5.78 Å². The number of hydrogen-bond donors (Lipinski definition) is 0. The third kappa shape index (κ3) is 3.31. The van der Waals surface area contributed by atoms with Crippen LogP contribution in [0.15, 0.2) is 27.0 Å². The molecule has 0 unspecified atom stereocenters. The van der Waals surface area contributed by atoms with E-state index in [1.807, 2.05) is 5.38 Å². The molecule has 1 heterocycles. The monoisotopic (exact) mass is 254 g/mol. The second-order valence-corrected chi connectivity index (χ2v) is 4.60. The Balaban J connectivity index is 2.68. The number of hydrogen-bond acceptors (Lipinski definition) is 2. The van der Waals surface area contributed by atoms with Crippen molar-refractivity contribution in [3.05, 3.63) is 31.9 Å². The van der Waals surface area contributed by atoms with Crippen LogP contribution in [0.3, 0.4) is 0 Å². The van der Waals surface area contributed by atoms with Crippen LogP contribution >= 0.6 is 46.1 Å². The number of rotatable bonds is 3. The van der Waals surface area contributed by atoms with Gasteiger partial charge in [0.15, 0.2) is 5.78 Å². The lowest BCUT2D eigenvalue weighted by molar-refractivity contribution is 0.0998. The van der Waals surface area contributed by atoms with Crippen LogP contribution in [-0.2, 0) is 0 Å². The second-order valence-electron chi connectivity index (χ2n) is 2.24. The molecule has 0 bridgehead atoms. The van der Waals surface area contributed by atoms with Crippen molar-refractivity contribution in [2.75, 3.05) is 0 Å². The fourth-order valence-corrected chi connectivity index (χ4v) is 1.65. The number of carbonyl (C=O) groups excluding carboxylic acids is 1. The highest BCUT2D eigenvalue weighted by Gasteiger charge is 2.10. The third-order valence-corrected chi connectivity index (χ3v) is 3.20. The van der Waals surface area contributed by atoms with Gasteiger partial charge < -0.3 is 0 Å². The summed E-state index contributed by atoms with van der Waals surface area (Å²) in [6.45, 7) is 0. The normalized spacial score (nSPS) is 9.77. The van der Waals surface area contributed by atoms with Crippen molar-refractivity contribution >= 4 is 51.9 Å². The van der Waals surface area contributed by atoms with Gasteiger partial charge in [-0.2, -0.15) is 0 Å². The molecule has 1 rings (SSSR count). The lowest BCUT2D eigenvalue weighted by Crippen LogP contribution is -1.95. The van der Waals surface area contributed by atoms with E-state index in [9.17, 15) is 4.79 Å². The molecule has 0 saturated heterocycles. The summed E-state index contributed by atoms with van der Waals surface area (Å²) in [4.78, 5) is 12.1. The number of thiophene rings is 1. The zero-order valence-electron chi connectivity index (χ0n) is 6.39. The molecule has 0 aliphatic heterocycles. The van der Waals surface area contributed by atoms with Crippen LogP contribution in [0.1, 0.15) is 16.1 Å². The Morgan fingerprint density at radius 1 is 1.38 bits per heavy atom. The summed E-state index contributed by atoms with van der Waals surface area (Å²) in [6, 6.07) is 3.54. The summed E-state index contributed by atoms with van der Waals surface area (Å²) in [5.74, 6) is -0.0706. The molecule has 0 radical (unpaired) electrons. The van der Waals surface area contributed by atoms with Crippen molar-refractivity contribution in [2.45, 2.75) is 6.42 Å². The topological polar surface area (TPSA) is 17.1 Å². The van der Waals surface area contributed by atoms with Crippen LogP contribution in [0, 0.1) is 0 Å². The Hall–Kier alpha value is -0.0200. The predicted molar refractivity (Wildman–Crippen MR) is 57.9 cm³/mol. The van der Waals surface area contributed by atoms with E-state index in [4.69, 9.17) is 34.8 Å². The predicted octanol–water partition coefficient (Wildman–Crippen LogP) is 4.21. The van der Waals surface area contributed by atoms with E-state index in [1.165, 1.54) is 11.3 Å². The molecule has 0 saturated carbocycles. The Morgan fingerprint density at radius 3 is 2.54 bits per heavy atom. The minimum atomic E-state index is -0.0706. The first-order valence-electron chi connectivity index (χ1n) is 3.37. The standard InChI is InChI=1S/C8H5Cl3OS/c9-5(8(10)11)4-6(12)7-2-1-3-13-7/h1-3H,4H2. The zero-order valence-corrected chi connectivity index (χ0v) is 9.47. The van der Waals surface area contributed by atoms with Crippen LogP contribution in [0.4, 0.5) is 0 Å². The Morgan fingerprint density at radius 2 is 2.08 bits per heavy atom. The van der Waals surface area contributed by atoms with Gasteiger partial charge >= 0.3 is 0 Å². The van der Waals surface area contributed by atoms with E-state index in [2.05, 4.69) is 0 Å². The Bertz CT molecular complexity index is 325. The second kappa shape index (κ2) is 5.01. The van der Waals surface area contributed by atoms with E-state index < -0.39 is 0 Å². The summed E-state index contributed by atoms with van der Waals surface area (Å²) in [5, 5.41) is 2.01. The number of carbonyl (C=O) groups is 1. The summed E-state index contributed by atoms with van der Waals surface area (Å²) in [6.07, 6.45) is 0.0599. The van der Waals surface area contributed by atoms with E-state index in [0.29, 0.717) is 4.88 Å². The molecule has 1 aromatic rings. The van der Waals surface area contributed by atoms with E-state index in [0.717, 1.165) is 0 Å². The average molecular weight is 256 g/mol. The molecule has 13 heavy (non-hydrogen) atoms. The molecule has 0 spiro atoms. The minimum absolute atomic E-state index is 0.0495. The molecule has 0 N–H and O–H groups in total. The van der Waals surface area contributed by atoms with Gasteiger partial charge in [-0.15, -0.1) is 11.3 Å². The van der Waals surface area contributed by atoms with Gasteiger partial charge in [-0.1, -0.05) is 40.9 Å². The number of ketones is 1. The van der Waals surface area contributed by atoms with Crippen LogP contribution in [0.2, 0.25) is 0 Å². The molecule has 1 aromatic heterocycles. The molecule has 1 nitrogen and oxygen atoms in total. The summed E-state index contributed by atoms with van der Waals surface area (Å²) < 4.78 is -0.0495. The van der Waals surface area contributed by atoms with E-state index in [-0.39, 0.29) is 21.7 Å². The summed E-state index contributed by atoms with van der Waals surface area (Å²) in [7, 11) is 0. The van der Waals surface area contributed by atoms with Gasteiger partial charge in [0, 0.05) is 0 Å². The van der Waals surface area contributed by atoms with Crippen molar-refractivity contribution in [3.8, 4) is 0 Å². The third-order valence-electron chi connectivity index (χ3n) is 1.32. The van der Waals surface area contributed by atoms with Crippen LogP contribution in [0.5, 0.6) is 0 Å². The fourth-order valence-electron chi connectivity index (χ4n) is 0.732. The number of Topliss-reactive ketones (excluding diaryl/α,β-unsaturated/α-hetero) is 1. The summed E-state index contributed by atoms with van der Waals surface area (Å²) in [5.41, 5.74) is 0. The minimum Gasteiger partial charge on any atom is -0.293 e.